The maximum Gasteiger partial charge on any atom is 0.178 e. The van der Waals surface area contributed by atoms with E-state index in [-0.39, 0.29) is 0 Å². The van der Waals surface area contributed by atoms with Gasteiger partial charge in [-0.2, -0.15) is 0 Å². The fraction of sp³-hybridized carbons (Fsp3) is 0.0690. The van der Waals surface area contributed by atoms with Crippen LogP contribution >= 0.6 is 14.3 Å². The molecular weight excluding hydrogens is 907 g/mol. The summed E-state index contributed by atoms with van der Waals surface area (Å²) in [7, 11) is -11.6. The Morgan fingerprint density at radius 3 is 1.12 bits per heavy atom. The van der Waals surface area contributed by atoms with Gasteiger partial charge in [0.15, 0.2) is 14.3 Å². The van der Waals surface area contributed by atoms with Gasteiger partial charge in [-0.3, -0.25) is 0 Å². The molecule has 4 aliphatic heterocycles. The molecule has 330 valence electrons. The molecule has 68 heavy (non-hydrogen) atoms. The molecule has 0 aromatic heterocycles. The van der Waals surface area contributed by atoms with Gasteiger partial charge in [-0.15, -0.1) is 0 Å². The molecule has 0 N–H and O–H groups in total. The van der Waals surface area contributed by atoms with Gasteiger partial charge < -0.3 is 28.4 Å². The second-order valence-corrected chi connectivity index (χ2v) is 33.2. The molecule has 0 radical (unpaired) electrons. The molecular formula is C58H46N2O4P2Si2. The standard InChI is InChI=1S/C58H46N2O4P2Si2/c1-67(2)55-29-17-11-23-43(55)59(39-31-33-49-53(35-39)65(61,41-19-7-5-8-20-41)51-27-15-13-25-47(51)63-49)45-38-58-46(37-57(45)67)60(44-24-12-18-30-56(44)68(58,3)4)40-32-34-50-54(36-40)66(62,42-21-9-6-10-22-42)52-28-16-14-26-48(52)64-50/h5-38H,1-4H3. The maximum atomic E-state index is 16.0. The van der Waals surface area contributed by atoms with Crippen LogP contribution < -0.4 is 71.8 Å². The quantitative estimate of drug-likeness (QED) is 0.129. The molecule has 9 aromatic rings. The lowest BCUT2D eigenvalue weighted by Crippen LogP contribution is -2.62. The largest absolute Gasteiger partial charge is 0.456 e. The molecule has 9 aromatic carbocycles. The summed E-state index contributed by atoms with van der Waals surface area (Å²) in [5.74, 6) is 2.48. The molecule has 0 bridgehead atoms. The van der Waals surface area contributed by atoms with E-state index in [4.69, 9.17) is 9.47 Å². The smallest absolute Gasteiger partial charge is 0.178 e. The highest BCUT2D eigenvalue weighted by atomic mass is 31.2. The van der Waals surface area contributed by atoms with Crippen molar-refractivity contribution in [3.63, 3.8) is 0 Å². The van der Waals surface area contributed by atoms with Gasteiger partial charge in [0.2, 0.25) is 0 Å². The first-order valence-corrected chi connectivity index (χ1v) is 32.5. The Morgan fingerprint density at radius 1 is 0.338 bits per heavy atom. The summed E-state index contributed by atoms with van der Waals surface area (Å²) in [6, 6.07) is 70.5. The Balaban J connectivity index is 1.04. The van der Waals surface area contributed by atoms with Gasteiger partial charge in [0.1, 0.15) is 39.1 Å². The number of ether oxygens (including phenoxy) is 2. The number of rotatable bonds is 4. The van der Waals surface area contributed by atoms with Gasteiger partial charge in [0.25, 0.3) is 0 Å². The predicted molar refractivity (Wildman–Crippen MR) is 288 cm³/mol. The molecule has 0 fully saturated rings. The number of benzene rings is 9. The van der Waals surface area contributed by atoms with E-state index >= 15 is 9.13 Å². The molecule has 10 heteroatoms. The molecule has 0 aliphatic carbocycles. The average molecular weight is 953 g/mol. The van der Waals surface area contributed by atoms with Crippen molar-refractivity contribution in [1.29, 1.82) is 0 Å². The van der Waals surface area contributed by atoms with Gasteiger partial charge in [-0.05, 0) is 106 Å². The lowest BCUT2D eigenvalue weighted by Gasteiger charge is -2.46. The van der Waals surface area contributed by atoms with Crippen molar-refractivity contribution in [3.05, 3.63) is 206 Å². The van der Waals surface area contributed by atoms with Gasteiger partial charge in [0, 0.05) is 44.7 Å². The predicted octanol–water partition coefficient (Wildman–Crippen LogP) is 10.4. The van der Waals surface area contributed by atoms with Crippen LogP contribution in [0.25, 0.3) is 0 Å². The van der Waals surface area contributed by atoms with Crippen molar-refractivity contribution in [1.82, 2.24) is 0 Å². The first-order chi connectivity index (χ1) is 33.0. The monoisotopic (exact) mass is 952 g/mol. The van der Waals surface area contributed by atoms with Crippen LogP contribution in [0.15, 0.2) is 206 Å². The third-order valence-corrected chi connectivity index (χ3v) is 28.0. The fourth-order valence-corrected chi connectivity index (χ4v) is 23.0. The van der Waals surface area contributed by atoms with Crippen LogP contribution in [0.3, 0.4) is 0 Å². The number of fused-ring (bicyclic) bond motifs is 8. The topological polar surface area (TPSA) is 59.1 Å². The molecule has 0 amide bonds. The van der Waals surface area contributed by atoms with E-state index in [0.717, 1.165) is 44.7 Å². The Bertz CT molecular complexity index is 3450. The molecule has 2 unspecified atom stereocenters. The van der Waals surface area contributed by atoms with Gasteiger partial charge in [0.05, 0.1) is 21.2 Å². The van der Waals surface area contributed by atoms with Crippen LogP contribution in [0.1, 0.15) is 0 Å². The third kappa shape index (κ3) is 5.69. The molecule has 4 aliphatic rings. The van der Waals surface area contributed by atoms with E-state index in [1.807, 2.05) is 121 Å². The summed E-state index contributed by atoms with van der Waals surface area (Å²) < 4.78 is 45.2. The highest BCUT2D eigenvalue weighted by molar-refractivity contribution is 7.86. The van der Waals surface area contributed by atoms with Gasteiger partial charge in [-0.25, -0.2) is 0 Å². The van der Waals surface area contributed by atoms with E-state index < -0.39 is 30.4 Å². The maximum absolute atomic E-state index is 16.0. The van der Waals surface area contributed by atoms with Crippen LogP contribution in [-0.2, 0) is 9.13 Å². The number of nitrogens with zero attached hydrogens (tertiary/aromatic N) is 2. The van der Waals surface area contributed by atoms with E-state index in [1.54, 1.807) is 0 Å². The third-order valence-electron chi connectivity index (χ3n) is 14.7. The van der Waals surface area contributed by atoms with Crippen molar-refractivity contribution < 1.29 is 18.6 Å². The number of hydrogen-bond acceptors (Lipinski definition) is 6. The summed E-state index contributed by atoms with van der Waals surface area (Å²) in [4.78, 5) is 4.83. The summed E-state index contributed by atoms with van der Waals surface area (Å²) >= 11 is 0. The molecule has 13 rings (SSSR count). The number of para-hydroxylation sites is 4. The summed E-state index contributed by atoms with van der Waals surface area (Å²) in [6.07, 6.45) is 0. The summed E-state index contributed by atoms with van der Waals surface area (Å²) in [6.45, 7) is 9.85. The molecule has 0 spiro atoms. The van der Waals surface area contributed by atoms with Crippen molar-refractivity contribution in [2.24, 2.45) is 0 Å². The average Bonchev–Trinajstić information content (AvgIpc) is 3.37. The van der Waals surface area contributed by atoms with Crippen molar-refractivity contribution in [2.45, 2.75) is 26.2 Å². The Kier molecular flexibility index (Phi) is 8.98. The SMILES string of the molecule is C[Si]1(C)c2ccccc2N(c2ccc3c(c2)P(=O)(c2ccccc2)c2ccccc2O3)c2cc3c(cc21)N(c1ccc2c(c1)P(=O)(c1ccccc1)c1ccccc1O2)c1ccccc1[Si]3(C)C. The van der Waals surface area contributed by atoms with E-state index in [2.05, 4.69) is 121 Å². The molecule has 0 saturated carbocycles. The Morgan fingerprint density at radius 2 is 0.691 bits per heavy atom. The molecule has 0 saturated heterocycles. The van der Waals surface area contributed by atoms with Crippen molar-refractivity contribution >= 4 is 117 Å². The molecule has 6 nitrogen and oxygen atoms in total. The van der Waals surface area contributed by atoms with Crippen LogP contribution in [0.4, 0.5) is 34.1 Å². The summed E-state index contributed by atoms with van der Waals surface area (Å²) in [5, 5.41) is 9.63. The highest BCUT2D eigenvalue weighted by Gasteiger charge is 2.47. The molecule has 2 atom stereocenters. The zero-order valence-corrected chi connectivity index (χ0v) is 41.8. The van der Waals surface area contributed by atoms with E-state index in [9.17, 15) is 0 Å². The zero-order chi connectivity index (χ0) is 46.2. The summed E-state index contributed by atoms with van der Waals surface area (Å²) in [5.41, 5.74) is 6.44. The lowest BCUT2D eigenvalue weighted by molar-refractivity contribution is 0.485. The molecule has 4 heterocycles. The van der Waals surface area contributed by atoms with E-state index in [1.165, 1.54) is 20.7 Å². The minimum absolute atomic E-state index is 0.613. The van der Waals surface area contributed by atoms with Crippen LogP contribution in [0, 0.1) is 0 Å². The normalized spacial score (nSPS) is 19.5. The second kappa shape index (κ2) is 14.8. The number of anilines is 6. The first kappa shape index (κ1) is 41.3. The Labute approximate surface area is 398 Å². The Hall–Kier alpha value is -6.93. The first-order valence-electron chi connectivity index (χ1n) is 23.1. The fourth-order valence-electron chi connectivity index (χ4n) is 11.3. The lowest BCUT2D eigenvalue weighted by atomic mass is 10.1. The minimum atomic E-state index is -3.36. The van der Waals surface area contributed by atoms with Crippen LogP contribution in [-0.4, -0.2) is 16.1 Å². The van der Waals surface area contributed by atoms with Gasteiger partial charge >= 0.3 is 0 Å². The van der Waals surface area contributed by atoms with Crippen LogP contribution in [0.5, 0.6) is 23.0 Å². The number of hydrogen-bond donors (Lipinski definition) is 0. The second-order valence-electron chi connectivity index (χ2n) is 19.2. The zero-order valence-electron chi connectivity index (χ0n) is 38.1. The highest BCUT2D eigenvalue weighted by Crippen LogP contribution is 2.55. The minimum Gasteiger partial charge on any atom is -0.456 e. The van der Waals surface area contributed by atoms with Crippen molar-refractivity contribution in [3.8, 4) is 23.0 Å². The van der Waals surface area contributed by atoms with Crippen LogP contribution in [0.2, 0.25) is 26.2 Å². The van der Waals surface area contributed by atoms with Gasteiger partial charge in [-0.1, -0.05) is 148 Å². The van der Waals surface area contributed by atoms with E-state index in [0.29, 0.717) is 44.2 Å². The van der Waals surface area contributed by atoms with Crippen molar-refractivity contribution in [2.75, 3.05) is 9.80 Å².